The van der Waals surface area contributed by atoms with E-state index in [0.29, 0.717) is 11.0 Å². The van der Waals surface area contributed by atoms with Crippen LogP contribution in [0.3, 0.4) is 0 Å². The van der Waals surface area contributed by atoms with E-state index in [0.717, 1.165) is 12.1 Å². The highest BCUT2D eigenvalue weighted by Gasteiger charge is 1.98. The summed E-state index contributed by atoms with van der Waals surface area (Å²) in [6.45, 7) is 7.61. The monoisotopic (exact) mass is 445 g/mol. The molecule has 0 radical (unpaired) electrons. The van der Waals surface area contributed by atoms with Crippen molar-refractivity contribution < 1.29 is 0 Å². The Bertz CT molecular complexity index is 581. The van der Waals surface area contributed by atoms with Gasteiger partial charge in [-0.2, -0.15) is 5.10 Å². The molecular formula is C27H47N3S. The van der Waals surface area contributed by atoms with E-state index < -0.39 is 0 Å². The maximum absolute atomic E-state index is 5.29. The van der Waals surface area contributed by atoms with Gasteiger partial charge in [-0.25, -0.2) is 0 Å². The van der Waals surface area contributed by atoms with Crippen molar-refractivity contribution in [1.82, 2.24) is 10.7 Å². The van der Waals surface area contributed by atoms with Crippen LogP contribution >= 0.6 is 12.2 Å². The molecule has 0 fully saturated rings. The molecule has 1 aromatic carbocycles. The van der Waals surface area contributed by atoms with Crippen LogP contribution in [-0.4, -0.2) is 17.9 Å². The zero-order valence-electron chi connectivity index (χ0n) is 20.4. The Morgan fingerprint density at radius 2 is 1.29 bits per heavy atom. The van der Waals surface area contributed by atoms with Gasteiger partial charge in [0.15, 0.2) is 5.11 Å². The third-order valence-corrected chi connectivity index (χ3v) is 6.03. The molecule has 0 aliphatic heterocycles. The maximum atomic E-state index is 5.29. The molecule has 1 aromatic rings. The summed E-state index contributed by atoms with van der Waals surface area (Å²) in [7, 11) is 0. The summed E-state index contributed by atoms with van der Waals surface area (Å²) < 4.78 is 0. The van der Waals surface area contributed by atoms with Gasteiger partial charge in [-0.3, -0.25) is 5.43 Å². The molecular weight excluding hydrogens is 398 g/mol. The van der Waals surface area contributed by atoms with Crippen molar-refractivity contribution in [3.05, 3.63) is 35.4 Å². The lowest BCUT2D eigenvalue weighted by atomic mass is 10.0. The Morgan fingerprint density at radius 3 is 1.77 bits per heavy atom. The van der Waals surface area contributed by atoms with Crippen LogP contribution in [0, 0.1) is 0 Å². The number of benzene rings is 1. The molecule has 0 saturated carbocycles. The van der Waals surface area contributed by atoms with E-state index in [1.165, 1.54) is 95.5 Å². The SMILES string of the molecule is CCCCCCCCCCCCCCCCNC(=S)N/N=C/c1ccc(C(C)C)cc1. The lowest BCUT2D eigenvalue weighted by Crippen LogP contribution is -2.32. The minimum atomic E-state index is 0.552. The zero-order valence-corrected chi connectivity index (χ0v) is 21.2. The Kier molecular flexibility index (Phi) is 17.2. The van der Waals surface area contributed by atoms with Crippen molar-refractivity contribution >= 4 is 23.5 Å². The molecule has 0 aliphatic rings. The van der Waals surface area contributed by atoms with E-state index in [1.807, 2.05) is 6.21 Å². The zero-order chi connectivity index (χ0) is 22.6. The molecule has 4 heteroatoms. The normalized spacial score (nSPS) is 11.4. The summed E-state index contributed by atoms with van der Waals surface area (Å²) in [5.41, 5.74) is 5.33. The van der Waals surface area contributed by atoms with Gasteiger partial charge in [0, 0.05) is 6.54 Å². The van der Waals surface area contributed by atoms with Gasteiger partial charge in [0.2, 0.25) is 0 Å². The van der Waals surface area contributed by atoms with Crippen molar-refractivity contribution in [1.29, 1.82) is 0 Å². The average molecular weight is 446 g/mol. The van der Waals surface area contributed by atoms with Gasteiger partial charge < -0.3 is 5.32 Å². The second kappa shape index (κ2) is 19.3. The van der Waals surface area contributed by atoms with Crippen LogP contribution in [0.15, 0.2) is 29.4 Å². The van der Waals surface area contributed by atoms with Crippen molar-refractivity contribution in [3.63, 3.8) is 0 Å². The summed E-state index contributed by atoms with van der Waals surface area (Å²) in [6, 6.07) is 8.48. The van der Waals surface area contributed by atoms with Crippen LogP contribution in [0.2, 0.25) is 0 Å². The summed E-state index contributed by atoms with van der Waals surface area (Å²) in [5.74, 6) is 0.552. The van der Waals surface area contributed by atoms with E-state index in [-0.39, 0.29) is 0 Å². The standard InChI is InChI=1S/C27H47N3S/c1-4-5-6-7-8-9-10-11-12-13-14-15-16-17-22-28-27(31)30-29-23-25-18-20-26(21-19-25)24(2)3/h18-21,23-24H,4-17,22H2,1-3H3,(H2,28,30,31)/b29-23+. The van der Waals surface area contributed by atoms with Crippen LogP contribution in [0.5, 0.6) is 0 Å². The fourth-order valence-electron chi connectivity index (χ4n) is 3.69. The molecule has 0 unspecified atom stereocenters. The molecule has 0 amide bonds. The molecule has 3 nitrogen and oxygen atoms in total. The number of nitrogens with zero attached hydrogens (tertiary/aromatic N) is 1. The predicted molar refractivity (Wildman–Crippen MR) is 142 cm³/mol. The van der Waals surface area contributed by atoms with Crippen molar-refractivity contribution in [2.24, 2.45) is 5.10 Å². The molecule has 0 saturated heterocycles. The van der Waals surface area contributed by atoms with Crippen molar-refractivity contribution in [2.75, 3.05) is 6.54 Å². The quantitative estimate of drug-likeness (QED) is 0.104. The highest BCUT2D eigenvalue weighted by Crippen LogP contribution is 2.14. The van der Waals surface area contributed by atoms with Gasteiger partial charge >= 0.3 is 0 Å². The van der Waals surface area contributed by atoms with E-state index >= 15 is 0 Å². The molecule has 0 bridgehead atoms. The predicted octanol–water partition coefficient (Wildman–Crippen LogP) is 8.09. The lowest BCUT2D eigenvalue weighted by Gasteiger charge is -2.07. The smallest absolute Gasteiger partial charge is 0.186 e. The van der Waals surface area contributed by atoms with Gasteiger partial charge in [0.1, 0.15) is 0 Å². The number of thiocarbonyl (C=S) groups is 1. The van der Waals surface area contributed by atoms with E-state index in [4.69, 9.17) is 12.2 Å². The van der Waals surface area contributed by atoms with E-state index in [1.54, 1.807) is 0 Å². The van der Waals surface area contributed by atoms with Crippen molar-refractivity contribution in [2.45, 2.75) is 117 Å². The second-order valence-corrected chi connectivity index (χ2v) is 9.45. The molecule has 0 aliphatic carbocycles. The highest BCUT2D eigenvalue weighted by atomic mass is 32.1. The molecule has 0 atom stereocenters. The first-order valence-electron chi connectivity index (χ1n) is 12.8. The minimum Gasteiger partial charge on any atom is -0.361 e. The highest BCUT2D eigenvalue weighted by molar-refractivity contribution is 7.80. The minimum absolute atomic E-state index is 0.552. The Balaban J connectivity index is 1.89. The molecule has 31 heavy (non-hydrogen) atoms. The van der Waals surface area contributed by atoms with Gasteiger partial charge in [-0.1, -0.05) is 129 Å². The Labute approximate surface area is 197 Å². The molecule has 0 aromatic heterocycles. The molecule has 176 valence electrons. The first kappa shape index (κ1) is 27.6. The average Bonchev–Trinajstić information content (AvgIpc) is 2.76. The van der Waals surface area contributed by atoms with E-state index in [2.05, 4.69) is 60.9 Å². The largest absolute Gasteiger partial charge is 0.361 e. The number of unbranched alkanes of at least 4 members (excludes halogenated alkanes) is 13. The number of hydrogen-bond acceptors (Lipinski definition) is 2. The van der Waals surface area contributed by atoms with Gasteiger partial charge in [0.05, 0.1) is 6.21 Å². The third-order valence-electron chi connectivity index (χ3n) is 5.80. The van der Waals surface area contributed by atoms with Crippen LogP contribution in [0.1, 0.15) is 128 Å². The van der Waals surface area contributed by atoms with Crippen LogP contribution in [-0.2, 0) is 0 Å². The van der Waals surface area contributed by atoms with Crippen molar-refractivity contribution in [3.8, 4) is 0 Å². The number of rotatable bonds is 18. The molecule has 0 heterocycles. The lowest BCUT2D eigenvalue weighted by molar-refractivity contribution is 0.535. The van der Waals surface area contributed by atoms with Gasteiger partial charge in [-0.15, -0.1) is 0 Å². The fourth-order valence-corrected chi connectivity index (χ4v) is 3.85. The summed E-state index contributed by atoms with van der Waals surface area (Å²) in [4.78, 5) is 0. The Hall–Kier alpha value is -1.42. The molecule has 0 spiro atoms. The second-order valence-electron chi connectivity index (χ2n) is 9.04. The number of hydrazone groups is 1. The maximum Gasteiger partial charge on any atom is 0.186 e. The fraction of sp³-hybridized carbons (Fsp3) is 0.704. The molecule has 1 rings (SSSR count). The third kappa shape index (κ3) is 15.9. The van der Waals surface area contributed by atoms with Crippen LogP contribution < -0.4 is 10.7 Å². The summed E-state index contributed by atoms with van der Waals surface area (Å²) in [5, 5.41) is 8.07. The summed E-state index contributed by atoms with van der Waals surface area (Å²) >= 11 is 5.29. The van der Waals surface area contributed by atoms with Crippen LogP contribution in [0.25, 0.3) is 0 Å². The van der Waals surface area contributed by atoms with Gasteiger partial charge in [0.25, 0.3) is 0 Å². The van der Waals surface area contributed by atoms with Gasteiger partial charge in [-0.05, 0) is 35.7 Å². The first-order valence-corrected chi connectivity index (χ1v) is 13.2. The first-order chi connectivity index (χ1) is 15.1. The molecule has 2 N–H and O–H groups in total. The Morgan fingerprint density at radius 1 is 0.806 bits per heavy atom. The number of nitrogens with one attached hydrogen (secondary N) is 2. The van der Waals surface area contributed by atoms with Crippen LogP contribution in [0.4, 0.5) is 0 Å². The number of hydrogen-bond donors (Lipinski definition) is 2. The summed E-state index contributed by atoms with van der Waals surface area (Å²) in [6.07, 6.45) is 21.2. The topological polar surface area (TPSA) is 36.4 Å². The van der Waals surface area contributed by atoms with E-state index in [9.17, 15) is 0 Å².